The molecule has 3 heterocycles. The summed E-state index contributed by atoms with van der Waals surface area (Å²) in [4.78, 5) is 15.4. The van der Waals surface area contributed by atoms with Crippen LogP contribution in [-0.2, 0) is 0 Å². The Morgan fingerprint density at radius 1 is 0.903 bits per heavy atom. The molecule has 0 aliphatic carbocycles. The Morgan fingerprint density at radius 3 is 2.35 bits per heavy atom. The van der Waals surface area contributed by atoms with Gasteiger partial charge in [0.05, 0.1) is 11.4 Å². The largest absolute Gasteiger partial charge is 0.397 e. The van der Waals surface area contributed by atoms with Gasteiger partial charge >= 0.3 is 0 Å². The van der Waals surface area contributed by atoms with Gasteiger partial charge in [0.25, 0.3) is 5.56 Å². The number of piperidine rings is 1. The van der Waals surface area contributed by atoms with Gasteiger partial charge in [-0.25, -0.2) is 0 Å². The lowest BCUT2D eigenvalue weighted by molar-refractivity contribution is 0.578. The van der Waals surface area contributed by atoms with Gasteiger partial charge in [0.1, 0.15) is 11.4 Å². The van der Waals surface area contributed by atoms with Crippen molar-refractivity contribution in [1.82, 2.24) is 14.2 Å². The van der Waals surface area contributed by atoms with Crippen LogP contribution in [-0.4, -0.2) is 27.3 Å². The molecule has 1 saturated heterocycles. The standard InChI is InChI=1S/C24H26N6O/c1-16-14-21(31)30-24(29(16)18-10-11-19(25)20(26)15-18)23(28-12-6-3-7-13-28)22(27-30)17-8-4-2-5-9-17/h2,4-5,8-11,14-15H,3,6-7,12-13,25-26H2,1H3. The number of nitrogens with two attached hydrogens (primary N) is 2. The average Bonchev–Trinajstić information content (AvgIpc) is 3.18. The third kappa shape index (κ3) is 3.22. The molecule has 0 atom stereocenters. The highest BCUT2D eigenvalue weighted by Gasteiger charge is 2.26. The molecule has 7 heteroatoms. The predicted molar refractivity (Wildman–Crippen MR) is 126 cm³/mol. The molecule has 0 spiro atoms. The van der Waals surface area contributed by atoms with E-state index in [0.29, 0.717) is 11.4 Å². The van der Waals surface area contributed by atoms with Crippen molar-refractivity contribution in [1.29, 1.82) is 0 Å². The van der Waals surface area contributed by atoms with E-state index in [1.807, 2.05) is 49.4 Å². The molecule has 31 heavy (non-hydrogen) atoms. The minimum atomic E-state index is -0.146. The van der Waals surface area contributed by atoms with Crippen molar-refractivity contribution in [2.24, 2.45) is 0 Å². The molecule has 2 aromatic heterocycles. The van der Waals surface area contributed by atoms with Crippen LogP contribution in [0.1, 0.15) is 25.0 Å². The molecule has 0 amide bonds. The summed E-state index contributed by atoms with van der Waals surface area (Å²) in [6, 6.07) is 17.3. The van der Waals surface area contributed by atoms with Gasteiger partial charge in [0.2, 0.25) is 0 Å². The van der Waals surface area contributed by atoms with Gasteiger partial charge in [-0.3, -0.25) is 9.36 Å². The topological polar surface area (TPSA) is 94.6 Å². The summed E-state index contributed by atoms with van der Waals surface area (Å²) in [5, 5.41) is 4.81. The van der Waals surface area contributed by atoms with Gasteiger partial charge in [-0.1, -0.05) is 30.3 Å². The Balaban J connectivity index is 1.89. The third-order valence-electron chi connectivity index (χ3n) is 5.99. The molecule has 0 unspecified atom stereocenters. The van der Waals surface area contributed by atoms with Gasteiger partial charge < -0.3 is 16.4 Å². The van der Waals surface area contributed by atoms with E-state index in [1.165, 1.54) is 10.9 Å². The summed E-state index contributed by atoms with van der Waals surface area (Å²) >= 11 is 0. The summed E-state index contributed by atoms with van der Waals surface area (Å²) in [7, 11) is 0. The number of aromatic nitrogens is 3. The molecule has 0 bridgehead atoms. The summed E-state index contributed by atoms with van der Waals surface area (Å²) in [6.45, 7) is 3.81. The van der Waals surface area contributed by atoms with Crippen LogP contribution in [0.5, 0.6) is 0 Å². The highest BCUT2D eigenvalue weighted by Crippen LogP contribution is 2.37. The Bertz CT molecular complexity index is 1320. The molecule has 7 nitrogen and oxygen atoms in total. The normalized spacial score (nSPS) is 14.3. The van der Waals surface area contributed by atoms with Crippen LogP contribution >= 0.6 is 0 Å². The highest BCUT2D eigenvalue weighted by molar-refractivity contribution is 5.87. The van der Waals surface area contributed by atoms with E-state index in [1.54, 1.807) is 12.1 Å². The van der Waals surface area contributed by atoms with E-state index >= 15 is 0 Å². The zero-order chi connectivity index (χ0) is 21.5. The van der Waals surface area contributed by atoms with Crippen LogP contribution in [0.4, 0.5) is 17.1 Å². The lowest BCUT2D eigenvalue weighted by atomic mass is 10.1. The number of anilines is 3. The zero-order valence-corrected chi connectivity index (χ0v) is 17.6. The molecule has 0 radical (unpaired) electrons. The minimum Gasteiger partial charge on any atom is -0.397 e. The minimum absolute atomic E-state index is 0.146. The summed E-state index contributed by atoms with van der Waals surface area (Å²) in [5.41, 5.74) is 18.2. The molecule has 1 aliphatic rings. The maximum Gasteiger partial charge on any atom is 0.274 e. The van der Waals surface area contributed by atoms with Crippen molar-refractivity contribution in [3.8, 4) is 16.9 Å². The van der Waals surface area contributed by atoms with Gasteiger partial charge in [0, 0.05) is 36.1 Å². The Kier molecular flexibility index (Phi) is 4.66. The van der Waals surface area contributed by atoms with E-state index < -0.39 is 0 Å². The molecule has 158 valence electrons. The Labute approximate surface area is 180 Å². The van der Waals surface area contributed by atoms with Crippen LogP contribution in [0.15, 0.2) is 59.4 Å². The van der Waals surface area contributed by atoms with E-state index in [4.69, 9.17) is 16.6 Å². The van der Waals surface area contributed by atoms with Crippen LogP contribution in [0.3, 0.4) is 0 Å². The fourth-order valence-corrected chi connectivity index (χ4v) is 4.45. The van der Waals surface area contributed by atoms with Gasteiger partial charge in [-0.2, -0.15) is 9.61 Å². The first kappa shape index (κ1) is 19.2. The summed E-state index contributed by atoms with van der Waals surface area (Å²) in [5.74, 6) is 0. The maximum atomic E-state index is 13.0. The second-order valence-electron chi connectivity index (χ2n) is 8.12. The van der Waals surface area contributed by atoms with Crippen molar-refractivity contribution in [3.05, 3.63) is 70.6 Å². The fraction of sp³-hybridized carbons (Fsp3) is 0.250. The number of nitrogen functional groups attached to an aromatic ring is 2. The smallest absolute Gasteiger partial charge is 0.274 e. The molecular weight excluding hydrogens is 388 g/mol. The molecule has 1 aliphatic heterocycles. The second kappa shape index (κ2) is 7.50. The molecular formula is C24H26N6O. The van der Waals surface area contributed by atoms with E-state index in [-0.39, 0.29) is 5.56 Å². The molecule has 1 fully saturated rings. The van der Waals surface area contributed by atoms with E-state index in [9.17, 15) is 4.79 Å². The fourth-order valence-electron chi connectivity index (χ4n) is 4.45. The SMILES string of the molecule is Cc1cc(=O)n2nc(-c3ccccc3)c(N3CCCCC3)c2n1-c1ccc(N)c(N)c1. The lowest BCUT2D eigenvalue weighted by Gasteiger charge is -2.29. The quantitative estimate of drug-likeness (QED) is 0.500. The van der Waals surface area contributed by atoms with Crippen molar-refractivity contribution in [3.63, 3.8) is 0 Å². The number of benzene rings is 2. The summed E-state index contributed by atoms with van der Waals surface area (Å²) in [6.07, 6.45) is 3.46. The van der Waals surface area contributed by atoms with Crippen molar-refractivity contribution in [2.75, 3.05) is 29.5 Å². The predicted octanol–water partition coefficient (Wildman–Crippen LogP) is 3.62. The van der Waals surface area contributed by atoms with E-state index in [2.05, 4.69) is 9.47 Å². The number of rotatable bonds is 3. The number of nitrogens with zero attached hydrogens (tertiary/aromatic N) is 4. The molecule has 0 saturated carbocycles. The van der Waals surface area contributed by atoms with Crippen LogP contribution < -0.4 is 21.9 Å². The molecule has 2 aromatic carbocycles. The Hall–Kier alpha value is -3.74. The molecule has 4 N–H and O–H groups in total. The highest BCUT2D eigenvalue weighted by atomic mass is 16.1. The zero-order valence-electron chi connectivity index (χ0n) is 17.6. The van der Waals surface area contributed by atoms with Crippen LogP contribution in [0.25, 0.3) is 22.6 Å². The first-order chi connectivity index (χ1) is 15.0. The summed E-state index contributed by atoms with van der Waals surface area (Å²) < 4.78 is 3.58. The van der Waals surface area contributed by atoms with E-state index in [0.717, 1.165) is 59.9 Å². The monoisotopic (exact) mass is 414 g/mol. The van der Waals surface area contributed by atoms with Crippen molar-refractivity contribution < 1.29 is 0 Å². The van der Waals surface area contributed by atoms with Crippen molar-refractivity contribution >= 4 is 22.7 Å². The van der Waals surface area contributed by atoms with Crippen molar-refractivity contribution in [2.45, 2.75) is 26.2 Å². The van der Waals surface area contributed by atoms with Gasteiger partial charge in [0.15, 0.2) is 5.65 Å². The molecule has 5 rings (SSSR count). The van der Waals surface area contributed by atoms with Crippen LogP contribution in [0, 0.1) is 6.92 Å². The third-order valence-corrected chi connectivity index (χ3v) is 5.99. The van der Waals surface area contributed by atoms with Gasteiger partial charge in [-0.15, -0.1) is 0 Å². The number of aryl methyl sites for hydroxylation is 1. The average molecular weight is 415 g/mol. The second-order valence-corrected chi connectivity index (χ2v) is 8.12. The maximum absolute atomic E-state index is 13.0. The number of hydrogen-bond donors (Lipinski definition) is 2. The van der Waals surface area contributed by atoms with Crippen LogP contribution in [0.2, 0.25) is 0 Å². The number of fused-ring (bicyclic) bond motifs is 1. The first-order valence-electron chi connectivity index (χ1n) is 10.7. The lowest BCUT2D eigenvalue weighted by Crippen LogP contribution is -2.30. The molecule has 4 aromatic rings. The number of hydrogen-bond acceptors (Lipinski definition) is 5. The Morgan fingerprint density at radius 2 is 1.65 bits per heavy atom. The first-order valence-corrected chi connectivity index (χ1v) is 10.7. The van der Waals surface area contributed by atoms with Gasteiger partial charge in [-0.05, 0) is 44.4 Å².